The van der Waals surface area contributed by atoms with Gasteiger partial charge in [-0.2, -0.15) is 10.2 Å². The van der Waals surface area contributed by atoms with Gasteiger partial charge in [-0.25, -0.2) is 4.98 Å². The number of nitrogens with zero attached hydrogens (tertiary/aromatic N) is 3. The molecule has 146 valence electrons. The number of carbonyl (C=O) groups excluding carboxylic acids is 1. The Bertz CT molecular complexity index is 1040. The molecule has 0 saturated heterocycles. The van der Waals surface area contributed by atoms with E-state index >= 15 is 0 Å². The van der Waals surface area contributed by atoms with Crippen molar-refractivity contribution in [3.8, 4) is 6.07 Å². The van der Waals surface area contributed by atoms with E-state index in [4.69, 9.17) is 5.26 Å². The molecule has 0 spiro atoms. The zero-order valence-corrected chi connectivity index (χ0v) is 16.4. The topological polar surface area (TPSA) is 103 Å². The highest BCUT2D eigenvalue weighted by Gasteiger charge is 2.06. The molecule has 0 atom stereocenters. The number of aromatic nitrogens is 2. The van der Waals surface area contributed by atoms with Gasteiger partial charge >= 0.3 is 0 Å². The molecule has 3 rings (SSSR count). The second kappa shape index (κ2) is 9.33. The third kappa shape index (κ3) is 5.78. The fraction of sp³-hybridized carbons (Fsp3) is 0.182. The van der Waals surface area contributed by atoms with Gasteiger partial charge in [0.1, 0.15) is 5.82 Å². The number of hydrogen-bond donors (Lipinski definition) is 3. The second-order valence-corrected chi connectivity index (χ2v) is 6.58. The Labute approximate surface area is 169 Å². The van der Waals surface area contributed by atoms with Crippen LogP contribution in [0, 0.1) is 25.2 Å². The molecule has 1 amide bonds. The molecule has 0 aliphatic heterocycles. The Balaban J connectivity index is 1.54. The molecule has 0 fully saturated rings. The van der Waals surface area contributed by atoms with Crippen molar-refractivity contribution in [1.82, 2.24) is 15.3 Å². The fourth-order valence-corrected chi connectivity index (χ4v) is 2.68. The third-order valence-corrected chi connectivity index (χ3v) is 4.13. The lowest BCUT2D eigenvalue weighted by Gasteiger charge is -2.11. The van der Waals surface area contributed by atoms with Gasteiger partial charge in [0.05, 0.1) is 11.6 Å². The van der Waals surface area contributed by atoms with Gasteiger partial charge in [0, 0.05) is 36.1 Å². The quantitative estimate of drug-likeness (QED) is 0.537. The van der Waals surface area contributed by atoms with Gasteiger partial charge in [-0.1, -0.05) is 23.8 Å². The zero-order valence-electron chi connectivity index (χ0n) is 16.4. The summed E-state index contributed by atoms with van der Waals surface area (Å²) in [6.07, 6.45) is 0. The minimum absolute atomic E-state index is 0.226. The maximum Gasteiger partial charge on any atom is 0.251 e. The van der Waals surface area contributed by atoms with Crippen LogP contribution >= 0.6 is 0 Å². The van der Waals surface area contributed by atoms with E-state index in [2.05, 4.69) is 25.9 Å². The maximum atomic E-state index is 12.2. The summed E-state index contributed by atoms with van der Waals surface area (Å²) in [5, 5.41) is 18.1. The van der Waals surface area contributed by atoms with Gasteiger partial charge in [-0.3, -0.25) is 4.79 Å². The normalized spacial score (nSPS) is 10.1. The van der Waals surface area contributed by atoms with Crippen molar-refractivity contribution in [1.29, 1.82) is 5.26 Å². The van der Waals surface area contributed by atoms with Crippen LogP contribution in [0.5, 0.6) is 0 Å². The third-order valence-electron chi connectivity index (χ3n) is 4.13. The largest absolute Gasteiger partial charge is 0.352 e. The molecule has 2 aromatic carbocycles. The highest BCUT2D eigenvalue weighted by atomic mass is 16.1. The standard InChI is InChI=1S/C22H22N6O/c1-15-6-8-19(9-7-15)27-20-12-16(2)26-22(28-20)25-11-10-24-21(29)18-5-3-4-17(13-18)14-23/h3-9,12-13H,10-11H2,1-2H3,(H,24,29)(H2,25,26,27,28). The average Bonchev–Trinajstić information content (AvgIpc) is 2.72. The number of aryl methyl sites for hydroxylation is 2. The Kier molecular flexibility index (Phi) is 6.38. The SMILES string of the molecule is Cc1ccc(Nc2cc(C)nc(NCCNC(=O)c3cccc(C#N)c3)n2)cc1. The lowest BCUT2D eigenvalue weighted by Crippen LogP contribution is -2.29. The number of hydrogen-bond acceptors (Lipinski definition) is 6. The van der Waals surface area contributed by atoms with E-state index < -0.39 is 0 Å². The Morgan fingerprint density at radius 1 is 1.03 bits per heavy atom. The summed E-state index contributed by atoms with van der Waals surface area (Å²) in [6, 6.07) is 18.5. The van der Waals surface area contributed by atoms with Crippen molar-refractivity contribution >= 4 is 23.4 Å². The van der Waals surface area contributed by atoms with Gasteiger partial charge in [-0.05, 0) is 44.2 Å². The van der Waals surface area contributed by atoms with E-state index in [9.17, 15) is 4.79 Å². The Hall–Kier alpha value is -3.92. The van der Waals surface area contributed by atoms with E-state index in [0.717, 1.165) is 11.4 Å². The fourth-order valence-electron chi connectivity index (χ4n) is 2.68. The molecule has 0 aliphatic rings. The van der Waals surface area contributed by atoms with Crippen molar-refractivity contribution < 1.29 is 4.79 Å². The molecule has 1 heterocycles. The number of amides is 1. The molecule has 1 aromatic heterocycles. The highest BCUT2D eigenvalue weighted by molar-refractivity contribution is 5.94. The van der Waals surface area contributed by atoms with E-state index in [0.29, 0.717) is 36.0 Å². The monoisotopic (exact) mass is 386 g/mol. The van der Waals surface area contributed by atoms with Crippen LogP contribution < -0.4 is 16.0 Å². The first-order valence-electron chi connectivity index (χ1n) is 9.25. The lowest BCUT2D eigenvalue weighted by molar-refractivity contribution is 0.0955. The molecule has 0 bridgehead atoms. The van der Waals surface area contributed by atoms with Crippen molar-refractivity contribution in [2.24, 2.45) is 0 Å². The molecule has 7 heteroatoms. The zero-order chi connectivity index (χ0) is 20.6. The number of carbonyl (C=O) groups is 1. The van der Waals surface area contributed by atoms with Crippen LogP contribution in [0.1, 0.15) is 27.2 Å². The van der Waals surface area contributed by atoms with Crippen LogP contribution in [0.15, 0.2) is 54.6 Å². The average molecular weight is 386 g/mol. The number of anilines is 3. The first-order valence-corrected chi connectivity index (χ1v) is 9.25. The van der Waals surface area contributed by atoms with E-state index in [1.54, 1.807) is 24.3 Å². The Morgan fingerprint density at radius 3 is 2.59 bits per heavy atom. The molecular formula is C22H22N6O. The van der Waals surface area contributed by atoms with E-state index in [1.165, 1.54) is 5.56 Å². The smallest absolute Gasteiger partial charge is 0.251 e. The summed E-state index contributed by atoms with van der Waals surface area (Å²) in [4.78, 5) is 21.0. The molecule has 0 radical (unpaired) electrons. The van der Waals surface area contributed by atoms with Gasteiger partial charge < -0.3 is 16.0 Å². The minimum Gasteiger partial charge on any atom is -0.352 e. The van der Waals surface area contributed by atoms with Gasteiger partial charge in [0.25, 0.3) is 5.91 Å². The van der Waals surface area contributed by atoms with Gasteiger partial charge in [-0.15, -0.1) is 0 Å². The molecule has 0 aliphatic carbocycles. The highest BCUT2D eigenvalue weighted by Crippen LogP contribution is 2.17. The summed E-state index contributed by atoms with van der Waals surface area (Å²) < 4.78 is 0. The predicted molar refractivity (Wildman–Crippen MR) is 113 cm³/mol. The first-order chi connectivity index (χ1) is 14.0. The van der Waals surface area contributed by atoms with E-state index in [-0.39, 0.29) is 5.91 Å². The van der Waals surface area contributed by atoms with Crippen LogP contribution in [-0.2, 0) is 0 Å². The molecule has 7 nitrogen and oxygen atoms in total. The van der Waals surface area contributed by atoms with Crippen LogP contribution in [-0.4, -0.2) is 29.0 Å². The summed E-state index contributed by atoms with van der Waals surface area (Å²) in [5.41, 5.74) is 3.89. The first kappa shape index (κ1) is 19.8. The Morgan fingerprint density at radius 2 is 1.83 bits per heavy atom. The van der Waals surface area contributed by atoms with Crippen molar-refractivity contribution in [3.63, 3.8) is 0 Å². The molecule has 29 heavy (non-hydrogen) atoms. The molecular weight excluding hydrogens is 364 g/mol. The van der Waals surface area contributed by atoms with Gasteiger partial charge in [0.2, 0.25) is 5.95 Å². The maximum absolute atomic E-state index is 12.2. The molecule has 0 unspecified atom stereocenters. The summed E-state index contributed by atoms with van der Waals surface area (Å²) in [6.45, 7) is 4.81. The lowest BCUT2D eigenvalue weighted by atomic mass is 10.1. The van der Waals surface area contributed by atoms with Crippen LogP contribution in [0.25, 0.3) is 0 Å². The van der Waals surface area contributed by atoms with Crippen LogP contribution in [0.3, 0.4) is 0 Å². The second-order valence-electron chi connectivity index (χ2n) is 6.58. The number of nitriles is 1. The number of nitrogens with one attached hydrogen (secondary N) is 3. The van der Waals surface area contributed by atoms with Crippen molar-refractivity contribution in [2.45, 2.75) is 13.8 Å². The van der Waals surface area contributed by atoms with Crippen LogP contribution in [0.2, 0.25) is 0 Å². The van der Waals surface area contributed by atoms with Crippen LogP contribution in [0.4, 0.5) is 17.5 Å². The molecule has 3 aromatic rings. The summed E-state index contributed by atoms with van der Waals surface area (Å²) >= 11 is 0. The molecule has 3 N–H and O–H groups in total. The van der Waals surface area contributed by atoms with E-state index in [1.807, 2.05) is 50.2 Å². The predicted octanol–water partition coefficient (Wildman–Crippen LogP) is 3.55. The van der Waals surface area contributed by atoms with Gasteiger partial charge in [0.15, 0.2) is 0 Å². The van der Waals surface area contributed by atoms with Crippen molar-refractivity contribution in [2.75, 3.05) is 23.7 Å². The minimum atomic E-state index is -0.226. The van der Waals surface area contributed by atoms with Crippen molar-refractivity contribution in [3.05, 3.63) is 77.0 Å². The number of benzene rings is 2. The molecule has 0 saturated carbocycles. The number of rotatable bonds is 7. The summed E-state index contributed by atoms with van der Waals surface area (Å²) in [7, 11) is 0. The summed E-state index contributed by atoms with van der Waals surface area (Å²) in [5.74, 6) is 0.956.